The molecule has 0 radical (unpaired) electrons. The minimum Gasteiger partial charge on any atom is -0.341 e. The molecule has 1 fully saturated rings. The van der Waals surface area contributed by atoms with Gasteiger partial charge in [0, 0.05) is 25.7 Å². The molecule has 124 valence electrons. The van der Waals surface area contributed by atoms with Crippen molar-refractivity contribution >= 4 is 12.1 Å². The largest absolute Gasteiger partial charge is 0.341 e. The minimum atomic E-state index is -0.675. The van der Waals surface area contributed by atoms with Crippen LogP contribution in [0.3, 0.4) is 0 Å². The fraction of sp³-hybridized carbons (Fsp3) is 0.333. The lowest BCUT2D eigenvalue weighted by Gasteiger charge is -2.39. The summed E-state index contributed by atoms with van der Waals surface area (Å²) in [6.07, 6.45) is 4.33. The third kappa shape index (κ3) is 3.56. The van der Waals surface area contributed by atoms with Crippen molar-refractivity contribution in [3.05, 3.63) is 71.8 Å². The molecule has 0 aromatic heterocycles. The number of amides is 1. The molecule has 3 nitrogen and oxygen atoms in total. The van der Waals surface area contributed by atoms with Crippen LogP contribution in [-0.4, -0.2) is 35.7 Å². The van der Waals surface area contributed by atoms with E-state index in [1.165, 1.54) is 0 Å². The average molecular weight is 320 g/mol. The zero-order valence-electron chi connectivity index (χ0n) is 14.2. The molecule has 1 amide bonds. The molecule has 3 rings (SSSR count). The van der Waals surface area contributed by atoms with Gasteiger partial charge < -0.3 is 4.90 Å². The number of piperidine rings is 1. The standard InChI is InChI=1S/C21H24N2O/c1-2-23-15-9-14-21(20(23)24,16-18-10-5-3-6-11-18)22-17-19-12-7-4-8-13-19/h3-8,10-13,17H,2,9,14-16H2,1H3/t21-/m0/s1. The van der Waals surface area contributed by atoms with E-state index < -0.39 is 5.54 Å². The van der Waals surface area contributed by atoms with E-state index in [-0.39, 0.29) is 5.91 Å². The lowest BCUT2D eigenvalue weighted by molar-refractivity contribution is -0.139. The molecule has 1 saturated heterocycles. The molecule has 0 unspecified atom stereocenters. The molecule has 2 aromatic rings. The van der Waals surface area contributed by atoms with Gasteiger partial charge in [0.25, 0.3) is 5.91 Å². The van der Waals surface area contributed by atoms with Crippen molar-refractivity contribution in [3.8, 4) is 0 Å². The Balaban J connectivity index is 1.94. The van der Waals surface area contributed by atoms with Gasteiger partial charge in [-0.05, 0) is 30.9 Å². The van der Waals surface area contributed by atoms with E-state index in [0.717, 1.165) is 37.1 Å². The molecule has 24 heavy (non-hydrogen) atoms. The second-order valence-electron chi connectivity index (χ2n) is 6.35. The monoisotopic (exact) mass is 320 g/mol. The molecule has 1 aliphatic rings. The predicted octanol–water partition coefficient (Wildman–Crippen LogP) is 3.73. The number of benzene rings is 2. The van der Waals surface area contributed by atoms with Gasteiger partial charge in [-0.3, -0.25) is 9.79 Å². The number of likely N-dealkylation sites (N-methyl/N-ethyl adjacent to an activating group) is 1. The molecule has 3 heteroatoms. The second-order valence-corrected chi connectivity index (χ2v) is 6.35. The van der Waals surface area contributed by atoms with Gasteiger partial charge in [-0.25, -0.2) is 0 Å². The highest BCUT2D eigenvalue weighted by atomic mass is 16.2. The Kier molecular flexibility index (Phi) is 5.09. The van der Waals surface area contributed by atoms with Gasteiger partial charge in [0.2, 0.25) is 0 Å². The molecular weight excluding hydrogens is 296 g/mol. The molecule has 1 atom stereocenters. The predicted molar refractivity (Wildman–Crippen MR) is 98.4 cm³/mol. The molecule has 0 aliphatic carbocycles. The molecule has 1 aliphatic heterocycles. The normalized spacial score (nSPS) is 21.4. The van der Waals surface area contributed by atoms with Crippen molar-refractivity contribution in [3.63, 3.8) is 0 Å². The number of hydrogen-bond acceptors (Lipinski definition) is 2. The molecule has 0 spiro atoms. The molecular formula is C21H24N2O. The second kappa shape index (κ2) is 7.43. The van der Waals surface area contributed by atoms with E-state index in [0.29, 0.717) is 6.42 Å². The van der Waals surface area contributed by atoms with E-state index in [2.05, 4.69) is 12.1 Å². The van der Waals surface area contributed by atoms with Gasteiger partial charge in [-0.1, -0.05) is 60.7 Å². The van der Waals surface area contributed by atoms with Crippen molar-refractivity contribution in [1.82, 2.24) is 4.90 Å². The van der Waals surface area contributed by atoms with E-state index in [9.17, 15) is 4.79 Å². The van der Waals surface area contributed by atoms with Crippen LogP contribution in [0.1, 0.15) is 30.9 Å². The summed E-state index contributed by atoms with van der Waals surface area (Å²) >= 11 is 0. The highest BCUT2D eigenvalue weighted by Crippen LogP contribution is 2.30. The van der Waals surface area contributed by atoms with Crippen LogP contribution in [0.25, 0.3) is 0 Å². The maximum Gasteiger partial charge on any atom is 0.250 e. The van der Waals surface area contributed by atoms with Crippen LogP contribution in [0.4, 0.5) is 0 Å². The Bertz CT molecular complexity index is 696. The maximum atomic E-state index is 13.1. The first kappa shape index (κ1) is 16.4. The fourth-order valence-electron chi connectivity index (χ4n) is 3.37. The van der Waals surface area contributed by atoms with Crippen LogP contribution in [0.2, 0.25) is 0 Å². The highest BCUT2D eigenvalue weighted by molar-refractivity contribution is 5.91. The molecule has 1 heterocycles. The van der Waals surface area contributed by atoms with Crippen LogP contribution >= 0.6 is 0 Å². The summed E-state index contributed by atoms with van der Waals surface area (Å²) in [5.74, 6) is 0.160. The van der Waals surface area contributed by atoms with E-state index in [1.54, 1.807) is 0 Å². The lowest BCUT2D eigenvalue weighted by atomic mass is 9.82. The summed E-state index contributed by atoms with van der Waals surface area (Å²) in [6.45, 7) is 3.63. The van der Waals surface area contributed by atoms with Crippen LogP contribution < -0.4 is 0 Å². The zero-order chi connectivity index (χ0) is 16.8. The maximum absolute atomic E-state index is 13.1. The van der Waals surface area contributed by atoms with Crippen molar-refractivity contribution in [2.75, 3.05) is 13.1 Å². The number of rotatable bonds is 5. The van der Waals surface area contributed by atoms with Crippen molar-refractivity contribution < 1.29 is 4.79 Å². The van der Waals surface area contributed by atoms with E-state index in [1.807, 2.05) is 66.6 Å². The van der Waals surface area contributed by atoms with Crippen LogP contribution in [0.5, 0.6) is 0 Å². The number of aliphatic imine (C=N–C) groups is 1. The van der Waals surface area contributed by atoms with Gasteiger partial charge in [-0.15, -0.1) is 0 Å². The van der Waals surface area contributed by atoms with Crippen molar-refractivity contribution in [2.24, 2.45) is 4.99 Å². The first-order chi connectivity index (χ1) is 11.7. The fourth-order valence-corrected chi connectivity index (χ4v) is 3.37. The van der Waals surface area contributed by atoms with Crippen LogP contribution in [-0.2, 0) is 11.2 Å². The van der Waals surface area contributed by atoms with Gasteiger partial charge in [0.05, 0.1) is 0 Å². The summed E-state index contributed by atoms with van der Waals surface area (Å²) in [5.41, 5.74) is 1.52. The van der Waals surface area contributed by atoms with Gasteiger partial charge in [0.1, 0.15) is 5.54 Å². The molecule has 0 saturated carbocycles. The lowest BCUT2D eigenvalue weighted by Crippen LogP contribution is -2.53. The molecule has 0 bridgehead atoms. The van der Waals surface area contributed by atoms with Crippen LogP contribution in [0, 0.1) is 0 Å². The highest BCUT2D eigenvalue weighted by Gasteiger charge is 2.43. The first-order valence-corrected chi connectivity index (χ1v) is 8.67. The number of carbonyl (C=O) groups excluding carboxylic acids is 1. The van der Waals surface area contributed by atoms with Gasteiger partial charge in [0.15, 0.2) is 0 Å². The Morgan fingerprint density at radius 2 is 1.75 bits per heavy atom. The summed E-state index contributed by atoms with van der Waals surface area (Å²) < 4.78 is 0. The SMILES string of the molecule is CCN1CCC[C@@](Cc2ccccc2)(N=Cc2ccccc2)C1=O. The number of hydrogen-bond donors (Lipinski definition) is 0. The number of carbonyl (C=O) groups is 1. The minimum absolute atomic E-state index is 0.160. The smallest absolute Gasteiger partial charge is 0.250 e. The van der Waals surface area contributed by atoms with Gasteiger partial charge >= 0.3 is 0 Å². The van der Waals surface area contributed by atoms with Crippen LogP contribution in [0.15, 0.2) is 65.7 Å². The topological polar surface area (TPSA) is 32.7 Å². The Hall–Kier alpha value is -2.42. The van der Waals surface area contributed by atoms with Crippen molar-refractivity contribution in [1.29, 1.82) is 0 Å². The summed E-state index contributed by atoms with van der Waals surface area (Å²) in [7, 11) is 0. The summed E-state index contributed by atoms with van der Waals surface area (Å²) in [5, 5.41) is 0. The molecule has 0 N–H and O–H groups in total. The third-order valence-electron chi connectivity index (χ3n) is 4.69. The number of nitrogens with zero attached hydrogens (tertiary/aromatic N) is 2. The Morgan fingerprint density at radius 3 is 2.42 bits per heavy atom. The molecule has 2 aromatic carbocycles. The average Bonchev–Trinajstić information content (AvgIpc) is 2.64. The first-order valence-electron chi connectivity index (χ1n) is 8.67. The van der Waals surface area contributed by atoms with E-state index >= 15 is 0 Å². The quantitative estimate of drug-likeness (QED) is 0.773. The zero-order valence-corrected chi connectivity index (χ0v) is 14.2. The Labute approximate surface area is 144 Å². The summed E-state index contributed by atoms with van der Waals surface area (Å²) in [6, 6.07) is 20.2. The van der Waals surface area contributed by atoms with E-state index in [4.69, 9.17) is 4.99 Å². The number of likely N-dealkylation sites (tertiary alicyclic amines) is 1. The summed E-state index contributed by atoms with van der Waals surface area (Å²) in [4.78, 5) is 19.9. The van der Waals surface area contributed by atoms with Gasteiger partial charge in [-0.2, -0.15) is 0 Å². The third-order valence-corrected chi connectivity index (χ3v) is 4.69. The Morgan fingerprint density at radius 1 is 1.08 bits per heavy atom. The van der Waals surface area contributed by atoms with Crippen molar-refractivity contribution in [2.45, 2.75) is 31.7 Å².